The van der Waals surface area contributed by atoms with Gasteiger partial charge in [-0.1, -0.05) is 12.1 Å². The van der Waals surface area contributed by atoms with Crippen molar-refractivity contribution in [1.82, 2.24) is 4.98 Å². The number of hydrogen-bond donors (Lipinski definition) is 0. The fourth-order valence-electron chi connectivity index (χ4n) is 1.59. The van der Waals surface area contributed by atoms with Crippen molar-refractivity contribution in [3.05, 3.63) is 53.6 Å². The van der Waals surface area contributed by atoms with Crippen LogP contribution in [0.2, 0.25) is 0 Å². The summed E-state index contributed by atoms with van der Waals surface area (Å²) in [6.45, 7) is 0. The molecule has 1 nitrogen and oxygen atoms in total. The van der Waals surface area contributed by atoms with Crippen LogP contribution in [0.1, 0.15) is 5.56 Å². The first-order valence-electron chi connectivity index (χ1n) is 4.98. The number of nitrogens with zero attached hydrogens (tertiary/aromatic N) is 1. The second kappa shape index (κ2) is 4.56. The molecule has 0 N–H and O–H groups in total. The topological polar surface area (TPSA) is 12.9 Å². The molecule has 0 amide bonds. The number of rotatable bonds is 1. The molecule has 0 unspecified atom stereocenters. The Morgan fingerprint density at radius 2 is 1.63 bits per heavy atom. The van der Waals surface area contributed by atoms with Crippen molar-refractivity contribution >= 4 is 0 Å². The molecular formula is C12H5F6N. The molecule has 0 saturated heterocycles. The summed E-state index contributed by atoms with van der Waals surface area (Å²) >= 11 is 0. The molecular weight excluding hydrogens is 272 g/mol. The predicted molar refractivity (Wildman–Crippen MR) is 54.5 cm³/mol. The largest absolute Gasteiger partial charge is 0.418 e. The first-order valence-corrected chi connectivity index (χ1v) is 4.98. The van der Waals surface area contributed by atoms with E-state index in [-0.39, 0.29) is 6.20 Å². The van der Waals surface area contributed by atoms with E-state index in [9.17, 15) is 26.3 Å². The molecule has 0 fully saturated rings. The average molecular weight is 277 g/mol. The Balaban J connectivity index is 2.74. The van der Waals surface area contributed by atoms with Crippen molar-refractivity contribution in [1.29, 1.82) is 0 Å². The Hall–Kier alpha value is -2.05. The van der Waals surface area contributed by atoms with Crippen LogP contribution in [0.4, 0.5) is 26.3 Å². The zero-order valence-corrected chi connectivity index (χ0v) is 9.10. The molecule has 1 aromatic carbocycles. The van der Waals surface area contributed by atoms with Crippen molar-refractivity contribution in [3.8, 4) is 11.1 Å². The highest BCUT2D eigenvalue weighted by Crippen LogP contribution is 2.37. The van der Waals surface area contributed by atoms with Crippen LogP contribution in [0, 0.1) is 17.6 Å². The molecule has 0 aliphatic heterocycles. The fourth-order valence-corrected chi connectivity index (χ4v) is 1.59. The summed E-state index contributed by atoms with van der Waals surface area (Å²) in [5, 5.41) is 0. The van der Waals surface area contributed by atoms with Crippen molar-refractivity contribution in [2.24, 2.45) is 0 Å². The average Bonchev–Trinajstić information content (AvgIpc) is 2.31. The number of benzene rings is 1. The lowest BCUT2D eigenvalue weighted by Gasteiger charge is -2.13. The molecule has 0 aliphatic rings. The Kier molecular flexibility index (Phi) is 3.21. The van der Waals surface area contributed by atoms with Crippen LogP contribution in [-0.2, 0) is 6.18 Å². The maximum Gasteiger partial charge on any atom is 0.418 e. The first-order chi connectivity index (χ1) is 8.80. The molecule has 2 aromatic rings. The molecule has 1 aromatic heterocycles. The van der Waals surface area contributed by atoms with Crippen molar-refractivity contribution in [3.63, 3.8) is 0 Å². The van der Waals surface area contributed by atoms with Crippen LogP contribution >= 0.6 is 0 Å². The van der Waals surface area contributed by atoms with Crippen LogP contribution in [0.25, 0.3) is 11.1 Å². The zero-order chi connectivity index (χ0) is 14.2. The number of halogens is 6. The molecule has 0 saturated carbocycles. The zero-order valence-electron chi connectivity index (χ0n) is 9.10. The van der Waals surface area contributed by atoms with E-state index in [4.69, 9.17) is 0 Å². The van der Waals surface area contributed by atoms with Crippen LogP contribution in [0.5, 0.6) is 0 Å². The molecule has 0 atom stereocenters. The summed E-state index contributed by atoms with van der Waals surface area (Å²) in [6, 6.07) is 3.14. The van der Waals surface area contributed by atoms with Gasteiger partial charge in [0.15, 0.2) is 11.6 Å². The maximum atomic E-state index is 13.5. The number of aromatic nitrogens is 1. The van der Waals surface area contributed by atoms with Gasteiger partial charge < -0.3 is 0 Å². The van der Waals surface area contributed by atoms with Crippen molar-refractivity contribution in [2.75, 3.05) is 0 Å². The van der Waals surface area contributed by atoms with E-state index < -0.39 is 40.4 Å². The Labute approximate surface area is 103 Å². The minimum absolute atomic E-state index is 0.245. The first kappa shape index (κ1) is 13.4. The van der Waals surface area contributed by atoms with Crippen LogP contribution in [0.3, 0.4) is 0 Å². The predicted octanol–water partition coefficient (Wildman–Crippen LogP) is 4.18. The van der Waals surface area contributed by atoms with Crippen LogP contribution in [-0.4, -0.2) is 4.98 Å². The molecule has 0 radical (unpaired) electrons. The quantitative estimate of drug-likeness (QED) is 0.562. The molecule has 0 bridgehead atoms. The van der Waals surface area contributed by atoms with E-state index >= 15 is 0 Å². The summed E-state index contributed by atoms with van der Waals surface area (Å²) in [5.74, 6) is -4.01. The van der Waals surface area contributed by atoms with Gasteiger partial charge in [0, 0.05) is 23.4 Å². The molecule has 2 rings (SSSR count). The highest BCUT2D eigenvalue weighted by atomic mass is 19.4. The second-order valence-corrected chi connectivity index (χ2v) is 3.65. The van der Waals surface area contributed by atoms with Gasteiger partial charge in [0.05, 0.1) is 5.56 Å². The minimum Gasteiger partial charge on any atom is -0.228 e. The van der Waals surface area contributed by atoms with E-state index in [1.807, 2.05) is 0 Å². The molecule has 0 spiro atoms. The summed E-state index contributed by atoms with van der Waals surface area (Å²) in [6.07, 6.45) is -4.61. The number of pyridine rings is 1. The van der Waals surface area contributed by atoms with Gasteiger partial charge in [-0.15, -0.1) is 0 Å². The van der Waals surface area contributed by atoms with E-state index in [1.54, 1.807) is 0 Å². The SMILES string of the molecule is Fc1cc(-c2cccc(F)c2F)c(C(F)(F)F)cn1. The van der Waals surface area contributed by atoms with E-state index in [1.165, 1.54) is 0 Å². The molecule has 0 aliphatic carbocycles. The van der Waals surface area contributed by atoms with E-state index in [2.05, 4.69) is 4.98 Å². The van der Waals surface area contributed by atoms with Gasteiger partial charge in [0.2, 0.25) is 5.95 Å². The van der Waals surface area contributed by atoms with Gasteiger partial charge in [0.1, 0.15) is 0 Å². The lowest BCUT2D eigenvalue weighted by atomic mass is 10.0. The summed E-state index contributed by atoms with van der Waals surface area (Å²) in [5.41, 5.74) is -2.80. The van der Waals surface area contributed by atoms with Gasteiger partial charge in [-0.3, -0.25) is 0 Å². The summed E-state index contributed by atoms with van der Waals surface area (Å²) < 4.78 is 77.6. The maximum absolute atomic E-state index is 13.5. The third-order valence-electron chi connectivity index (χ3n) is 2.42. The van der Waals surface area contributed by atoms with Crippen molar-refractivity contribution in [2.45, 2.75) is 6.18 Å². The van der Waals surface area contributed by atoms with Gasteiger partial charge in [0.25, 0.3) is 0 Å². The van der Waals surface area contributed by atoms with Gasteiger partial charge >= 0.3 is 6.18 Å². The number of alkyl halides is 3. The Morgan fingerprint density at radius 3 is 2.26 bits per heavy atom. The second-order valence-electron chi connectivity index (χ2n) is 3.65. The summed E-state index contributed by atoms with van der Waals surface area (Å²) in [4.78, 5) is 2.88. The smallest absolute Gasteiger partial charge is 0.228 e. The Morgan fingerprint density at radius 1 is 0.947 bits per heavy atom. The van der Waals surface area contributed by atoms with Gasteiger partial charge in [-0.2, -0.15) is 17.6 Å². The monoisotopic (exact) mass is 277 g/mol. The minimum atomic E-state index is -4.85. The van der Waals surface area contributed by atoms with Crippen LogP contribution in [0.15, 0.2) is 30.5 Å². The lowest BCUT2D eigenvalue weighted by molar-refractivity contribution is -0.137. The highest BCUT2D eigenvalue weighted by Gasteiger charge is 2.35. The number of hydrogen-bond acceptors (Lipinski definition) is 1. The van der Waals surface area contributed by atoms with Gasteiger partial charge in [-0.05, 0) is 6.07 Å². The molecule has 7 heteroatoms. The highest BCUT2D eigenvalue weighted by molar-refractivity contribution is 5.68. The molecule has 19 heavy (non-hydrogen) atoms. The molecule has 1 heterocycles. The van der Waals surface area contributed by atoms with E-state index in [0.29, 0.717) is 6.07 Å². The van der Waals surface area contributed by atoms with Crippen LogP contribution < -0.4 is 0 Å². The van der Waals surface area contributed by atoms with Gasteiger partial charge in [-0.25, -0.2) is 13.8 Å². The summed E-state index contributed by atoms with van der Waals surface area (Å²) in [7, 11) is 0. The third kappa shape index (κ3) is 2.54. The van der Waals surface area contributed by atoms with Crippen molar-refractivity contribution < 1.29 is 26.3 Å². The fraction of sp³-hybridized carbons (Fsp3) is 0.0833. The normalized spacial score (nSPS) is 11.7. The van der Waals surface area contributed by atoms with E-state index in [0.717, 1.165) is 18.2 Å². The molecule has 100 valence electrons. The lowest BCUT2D eigenvalue weighted by Crippen LogP contribution is -2.09. The Bertz CT molecular complexity index is 620. The standard InChI is InChI=1S/C12H5F6N/c13-9-3-1-2-6(11(9)15)7-4-10(14)19-5-8(7)12(16,17)18/h1-5H. The third-order valence-corrected chi connectivity index (χ3v) is 2.42.